The van der Waals surface area contributed by atoms with Crippen molar-refractivity contribution in [2.75, 3.05) is 6.61 Å². The van der Waals surface area contributed by atoms with Crippen LogP contribution in [-0.2, 0) is 15.9 Å². The zero-order valence-electron chi connectivity index (χ0n) is 12.0. The summed E-state index contributed by atoms with van der Waals surface area (Å²) in [5, 5.41) is 8.84. The van der Waals surface area contributed by atoms with Crippen LogP contribution in [0.2, 0.25) is 0 Å². The lowest BCUT2D eigenvalue weighted by molar-refractivity contribution is 0.327. The molecule has 2 aromatic carbocycles. The van der Waals surface area contributed by atoms with E-state index in [0.29, 0.717) is 23.5 Å². The third-order valence-corrected chi connectivity index (χ3v) is 3.89. The highest BCUT2D eigenvalue weighted by Crippen LogP contribution is 2.28. The van der Waals surface area contributed by atoms with E-state index in [-0.39, 0.29) is 11.5 Å². The van der Waals surface area contributed by atoms with Gasteiger partial charge in [0.05, 0.1) is 18.2 Å². The van der Waals surface area contributed by atoms with Gasteiger partial charge in [-0.15, -0.1) is 0 Å². The molecule has 0 saturated heterocycles. The lowest BCUT2D eigenvalue weighted by Crippen LogP contribution is -2.13. The Labute approximate surface area is 129 Å². The van der Waals surface area contributed by atoms with Gasteiger partial charge in [0.15, 0.2) is 11.5 Å². The van der Waals surface area contributed by atoms with Crippen LogP contribution < -0.4 is 8.92 Å². The Hall–Kier alpha value is -2.52. The minimum absolute atomic E-state index is 0.154. The van der Waals surface area contributed by atoms with Crippen LogP contribution in [0, 0.1) is 11.3 Å². The maximum absolute atomic E-state index is 12.2. The van der Waals surface area contributed by atoms with Gasteiger partial charge in [-0.05, 0) is 36.8 Å². The summed E-state index contributed by atoms with van der Waals surface area (Å²) in [5.74, 6) is 0.211. The van der Waals surface area contributed by atoms with E-state index >= 15 is 0 Å². The molecule has 0 spiro atoms. The van der Waals surface area contributed by atoms with Crippen LogP contribution in [0.3, 0.4) is 0 Å². The van der Waals surface area contributed by atoms with Crippen molar-refractivity contribution in [2.45, 2.75) is 12.7 Å². The number of ether oxygens (including phenoxy) is 1. The summed E-state index contributed by atoms with van der Waals surface area (Å²) in [6.45, 7) is 2.21. The highest BCUT2D eigenvalue weighted by Gasteiger charge is 2.17. The van der Waals surface area contributed by atoms with Crippen LogP contribution in [0.4, 0.5) is 0 Å². The van der Waals surface area contributed by atoms with Crippen LogP contribution in [0.25, 0.3) is 0 Å². The monoisotopic (exact) mass is 317 g/mol. The van der Waals surface area contributed by atoms with E-state index in [1.807, 2.05) is 6.07 Å². The molecule has 6 heteroatoms. The van der Waals surface area contributed by atoms with E-state index in [0.717, 1.165) is 0 Å². The second kappa shape index (κ2) is 6.96. The summed E-state index contributed by atoms with van der Waals surface area (Å²) < 4.78 is 34.8. The third kappa shape index (κ3) is 4.24. The summed E-state index contributed by atoms with van der Waals surface area (Å²) >= 11 is 0. The average molecular weight is 317 g/mol. The van der Waals surface area contributed by atoms with Crippen molar-refractivity contribution >= 4 is 10.1 Å². The second-order valence-electron chi connectivity index (χ2n) is 4.48. The molecule has 0 amide bonds. The largest absolute Gasteiger partial charge is 0.490 e. The Morgan fingerprint density at radius 1 is 1.09 bits per heavy atom. The molecule has 114 valence electrons. The Morgan fingerprint density at radius 3 is 2.50 bits per heavy atom. The number of para-hydroxylation sites is 2. The lowest BCUT2D eigenvalue weighted by Gasteiger charge is -2.11. The van der Waals surface area contributed by atoms with Gasteiger partial charge in [0.2, 0.25) is 0 Å². The molecule has 0 aliphatic rings. The highest BCUT2D eigenvalue weighted by molar-refractivity contribution is 7.86. The van der Waals surface area contributed by atoms with E-state index in [1.165, 1.54) is 12.1 Å². The fourth-order valence-electron chi connectivity index (χ4n) is 1.89. The molecular formula is C16H15NO4S. The molecule has 0 fully saturated rings. The van der Waals surface area contributed by atoms with Gasteiger partial charge in [0.1, 0.15) is 5.75 Å². The molecule has 0 N–H and O–H groups in total. The molecule has 0 aliphatic carbocycles. The summed E-state index contributed by atoms with van der Waals surface area (Å²) in [5.41, 5.74) is 0.898. The first-order valence-corrected chi connectivity index (χ1v) is 8.25. The fraction of sp³-hybridized carbons (Fsp3) is 0.188. The van der Waals surface area contributed by atoms with Crippen molar-refractivity contribution in [3.05, 3.63) is 59.7 Å². The molecule has 0 unspecified atom stereocenters. The van der Waals surface area contributed by atoms with Crippen molar-refractivity contribution in [3.8, 4) is 17.6 Å². The first kappa shape index (κ1) is 15.9. The number of hydrogen-bond acceptors (Lipinski definition) is 5. The number of nitrogens with zero attached hydrogens (tertiary/aromatic N) is 1. The molecule has 0 atom stereocenters. The normalized spacial score (nSPS) is 10.7. The molecule has 22 heavy (non-hydrogen) atoms. The highest BCUT2D eigenvalue weighted by atomic mass is 32.2. The summed E-state index contributed by atoms with van der Waals surface area (Å²) in [7, 11) is -3.84. The fourth-order valence-corrected chi connectivity index (χ4v) is 2.95. The van der Waals surface area contributed by atoms with E-state index < -0.39 is 10.1 Å². The van der Waals surface area contributed by atoms with Crippen molar-refractivity contribution in [2.24, 2.45) is 0 Å². The summed E-state index contributed by atoms with van der Waals surface area (Å²) in [6.07, 6.45) is 0. The van der Waals surface area contributed by atoms with E-state index in [1.54, 1.807) is 43.3 Å². The molecular weight excluding hydrogens is 302 g/mol. The van der Waals surface area contributed by atoms with Crippen LogP contribution in [0.15, 0.2) is 48.5 Å². The first-order valence-electron chi connectivity index (χ1n) is 6.67. The van der Waals surface area contributed by atoms with Crippen molar-refractivity contribution < 1.29 is 17.3 Å². The van der Waals surface area contributed by atoms with Gasteiger partial charge in [-0.2, -0.15) is 13.7 Å². The molecule has 0 heterocycles. The van der Waals surface area contributed by atoms with Crippen LogP contribution in [-0.4, -0.2) is 15.0 Å². The zero-order chi connectivity index (χ0) is 16.0. The molecule has 0 saturated carbocycles. The predicted octanol–water partition coefficient (Wildman–Crippen LogP) is 2.87. The maximum atomic E-state index is 12.2. The number of benzene rings is 2. The number of rotatable bonds is 6. The second-order valence-corrected chi connectivity index (χ2v) is 6.05. The molecule has 2 rings (SSSR count). The number of nitriles is 1. The standard InChI is InChI=1S/C16H15NO4S/c1-2-20-15-8-3-4-9-16(15)21-22(18,19)12-14-7-5-6-13(10-14)11-17/h3-10H,2,12H2,1H3. The van der Waals surface area contributed by atoms with Gasteiger partial charge in [0.25, 0.3) is 0 Å². The van der Waals surface area contributed by atoms with Gasteiger partial charge in [-0.3, -0.25) is 0 Å². The molecule has 0 aromatic heterocycles. The SMILES string of the molecule is CCOc1ccccc1OS(=O)(=O)Cc1cccc(C#N)c1. The maximum Gasteiger partial charge on any atom is 0.313 e. The molecule has 5 nitrogen and oxygen atoms in total. The van der Waals surface area contributed by atoms with Crippen LogP contribution in [0.1, 0.15) is 18.1 Å². The Morgan fingerprint density at radius 2 is 1.82 bits per heavy atom. The van der Waals surface area contributed by atoms with Crippen molar-refractivity contribution in [1.29, 1.82) is 5.26 Å². The Kier molecular flexibility index (Phi) is 5.02. The van der Waals surface area contributed by atoms with Crippen molar-refractivity contribution in [1.82, 2.24) is 0 Å². The lowest BCUT2D eigenvalue weighted by atomic mass is 10.2. The Balaban J connectivity index is 2.19. The predicted molar refractivity (Wildman–Crippen MR) is 82.0 cm³/mol. The smallest absolute Gasteiger partial charge is 0.313 e. The topological polar surface area (TPSA) is 76.4 Å². The minimum Gasteiger partial charge on any atom is -0.490 e. The average Bonchev–Trinajstić information content (AvgIpc) is 2.49. The summed E-state index contributed by atoms with van der Waals surface area (Å²) in [4.78, 5) is 0. The van der Waals surface area contributed by atoms with Gasteiger partial charge in [0, 0.05) is 0 Å². The minimum atomic E-state index is -3.84. The Bertz CT molecular complexity index is 794. The van der Waals surface area contributed by atoms with E-state index in [2.05, 4.69) is 0 Å². The molecule has 2 aromatic rings. The van der Waals surface area contributed by atoms with Crippen LogP contribution >= 0.6 is 0 Å². The third-order valence-electron chi connectivity index (χ3n) is 2.77. The van der Waals surface area contributed by atoms with E-state index in [9.17, 15) is 8.42 Å². The van der Waals surface area contributed by atoms with Crippen molar-refractivity contribution in [3.63, 3.8) is 0 Å². The quantitative estimate of drug-likeness (QED) is 0.766. The van der Waals surface area contributed by atoms with Gasteiger partial charge < -0.3 is 8.92 Å². The van der Waals surface area contributed by atoms with E-state index in [4.69, 9.17) is 14.2 Å². The molecule has 0 radical (unpaired) electrons. The van der Waals surface area contributed by atoms with Gasteiger partial charge >= 0.3 is 10.1 Å². The zero-order valence-corrected chi connectivity index (χ0v) is 12.8. The molecule has 0 aliphatic heterocycles. The summed E-state index contributed by atoms with van der Waals surface area (Å²) in [6, 6.07) is 15.0. The van der Waals surface area contributed by atoms with Gasteiger partial charge in [-0.1, -0.05) is 24.3 Å². The molecule has 0 bridgehead atoms. The number of hydrogen-bond donors (Lipinski definition) is 0. The van der Waals surface area contributed by atoms with Gasteiger partial charge in [-0.25, -0.2) is 0 Å². The van der Waals surface area contributed by atoms with Crippen LogP contribution in [0.5, 0.6) is 11.5 Å². The first-order chi connectivity index (χ1) is 10.5.